The number of nitriles is 1. The fraction of sp³-hybridized carbons (Fsp3) is 0.200. The number of aromatic nitrogens is 2. The van der Waals surface area contributed by atoms with Gasteiger partial charge in [0.1, 0.15) is 6.07 Å². The largest absolute Gasteiger partial charge is 0.384 e. The van der Waals surface area contributed by atoms with Gasteiger partial charge in [0.25, 0.3) is 0 Å². The van der Waals surface area contributed by atoms with Gasteiger partial charge in [-0.05, 0) is 6.07 Å². The van der Waals surface area contributed by atoms with Gasteiger partial charge < -0.3 is 14.4 Å². The van der Waals surface area contributed by atoms with Crippen LogP contribution in [0.5, 0.6) is 0 Å². The third kappa shape index (κ3) is 3.09. The number of nitrogens with zero attached hydrogens (tertiary/aromatic N) is 2. The van der Waals surface area contributed by atoms with Crippen molar-refractivity contribution >= 4 is 39.9 Å². The molecule has 0 bridgehead atoms. The molecule has 0 amide bonds. The van der Waals surface area contributed by atoms with E-state index in [9.17, 15) is 0 Å². The first-order valence-electron chi connectivity index (χ1n) is 6.68. The van der Waals surface area contributed by atoms with Gasteiger partial charge in [-0.2, -0.15) is 5.26 Å². The van der Waals surface area contributed by atoms with E-state index in [2.05, 4.69) is 20.8 Å². The van der Waals surface area contributed by atoms with Gasteiger partial charge in [-0.3, -0.25) is 0 Å². The Hall–Kier alpha value is -2.01. The van der Waals surface area contributed by atoms with Crippen LogP contribution in [0.3, 0.4) is 0 Å². The summed E-state index contributed by atoms with van der Waals surface area (Å²) in [4.78, 5) is 8.74. The van der Waals surface area contributed by atoms with Crippen LogP contribution in [0.1, 0.15) is 10.4 Å². The Morgan fingerprint density at radius 2 is 2.41 bits per heavy atom. The van der Waals surface area contributed by atoms with Crippen LogP contribution in [0.25, 0.3) is 10.9 Å². The quantitative estimate of drug-likeness (QED) is 0.672. The summed E-state index contributed by atoms with van der Waals surface area (Å²) in [5.74, 6) is 0. The van der Waals surface area contributed by atoms with Crippen LogP contribution in [-0.2, 0) is 11.2 Å². The fourth-order valence-electron chi connectivity index (χ4n) is 2.09. The SMILES string of the molecule is COCCc1cnc(SNc2cccc3c(C#N)c[nH]c23)s1. The number of benzene rings is 1. The summed E-state index contributed by atoms with van der Waals surface area (Å²) in [6.07, 6.45) is 4.50. The summed E-state index contributed by atoms with van der Waals surface area (Å²) in [6, 6.07) is 8.04. The number of hydrogen-bond donors (Lipinski definition) is 2. The van der Waals surface area contributed by atoms with E-state index in [1.54, 1.807) is 24.6 Å². The summed E-state index contributed by atoms with van der Waals surface area (Å²) in [6.45, 7) is 0.707. The van der Waals surface area contributed by atoms with E-state index < -0.39 is 0 Å². The fourth-order valence-corrected chi connectivity index (χ4v) is 3.79. The molecule has 3 rings (SSSR count). The molecular weight excluding hydrogens is 316 g/mol. The molecule has 0 saturated carbocycles. The standard InChI is InChI=1S/C15H14N4OS2/c1-20-6-5-11-9-18-15(21-11)22-19-13-4-2-3-12-10(7-16)8-17-14(12)13/h2-4,8-9,17,19H,5-6H2,1H3. The van der Waals surface area contributed by atoms with E-state index in [0.29, 0.717) is 12.2 Å². The first-order valence-corrected chi connectivity index (χ1v) is 8.32. The lowest BCUT2D eigenvalue weighted by Crippen LogP contribution is -1.90. The molecule has 2 N–H and O–H groups in total. The van der Waals surface area contributed by atoms with Gasteiger partial charge in [-0.15, -0.1) is 11.3 Å². The van der Waals surface area contributed by atoms with Crippen LogP contribution < -0.4 is 4.72 Å². The molecule has 0 radical (unpaired) electrons. The highest BCUT2D eigenvalue weighted by Gasteiger charge is 2.08. The number of rotatable bonds is 6. The summed E-state index contributed by atoms with van der Waals surface area (Å²) >= 11 is 3.13. The summed E-state index contributed by atoms with van der Waals surface area (Å²) in [5.41, 5.74) is 2.53. The van der Waals surface area contributed by atoms with E-state index in [0.717, 1.165) is 27.4 Å². The Balaban J connectivity index is 1.73. The molecule has 1 aromatic carbocycles. The Morgan fingerprint density at radius 3 is 3.23 bits per heavy atom. The van der Waals surface area contributed by atoms with Crippen molar-refractivity contribution in [3.05, 3.63) is 41.0 Å². The van der Waals surface area contributed by atoms with Gasteiger partial charge in [-0.25, -0.2) is 4.98 Å². The molecule has 2 heterocycles. The van der Waals surface area contributed by atoms with E-state index in [1.165, 1.54) is 16.8 Å². The number of para-hydroxylation sites is 1. The van der Waals surface area contributed by atoms with E-state index in [4.69, 9.17) is 10.00 Å². The second-order valence-corrected chi connectivity index (χ2v) is 6.75. The van der Waals surface area contributed by atoms with Crippen molar-refractivity contribution in [2.45, 2.75) is 10.8 Å². The first kappa shape index (κ1) is 14.9. The lowest BCUT2D eigenvalue weighted by atomic mass is 10.2. The molecule has 0 fully saturated rings. The number of hydrogen-bond acceptors (Lipinski definition) is 6. The molecule has 0 saturated heterocycles. The van der Waals surface area contributed by atoms with Gasteiger partial charge in [0.15, 0.2) is 4.34 Å². The minimum absolute atomic E-state index is 0.653. The smallest absolute Gasteiger partial charge is 0.170 e. The number of nitrogens with one attached hydrogen (secondary N) is 2. The van der Waals surface area contributed by atoms with Crippen LogP contribution in [-0.4, -0.2) is 23.7 Å². The molecule has 3 aromatic rings. The van der Waals surface area contributed by atoms with Crippen LogP contribution in [0, 0.1) is 11.3 Å². The van der Waals surface area contributed by atoms with Gasteiger partial charge in [0, 0.05) is 48.1 Å². The van der Waals surface area contributed by atoms with Crippen molar-refractivity contribution in [3.8, 4) is 6.07 Å². The van der Waals surface area contributed by atoms with Gasteiger partial charge >= 0.3 is 0 Å². The Kier molecular flexibility index (Phi) is 4.63. The van der Waals surface area contributed by atoms with E-state index in [-0.39, 0.29) is 0 Å². The molecule has 0 aliphatic heterocycles. The monoisotopic (exact) mass is 330 g/mol. The van der Waals surface area contributed by atoms with Crippen LogP contribution in [0.2, 0.25) is 0 Å². The zero-order chi connectivity index (χ0) is 15.4. The highest BCUT2D eigenvalue weighted by molar-refractivity contribution is 8.02. The first-order chi connectivity index (χ1) is 10.8. The van der Waals surface area contributed by atoms with Crippen LogP contribution in [0.4, 0.5) is 5.69 Å². The molecule has 0 spiro atoms. The number of anilines is 1. The molecule has 22 heavy (non-hydrogen) atoms. The topological polar surface area (TPSA) is 73.7 Å². The number of H-pyrrole nitrogens is 1. The molecule has 112 valence electrons. The second-order valence-electron chi connectivity index (χ2n) is 4.58. The maximum absolute atomic E-state index is 9.08. The number of thiazole rings is 1. The minimum Gasteiger partial charge on any atom is -0.384 e. The van der Waals surface area contributed by atoms with Gasteiger partial charge in [0.05, 0.1) is 23.4 Å². The maximum Gasteiger partial charge on any atom is 0.170 e. The normalized spacial score (nSPS) is 10.7. The molecule has 0 aliphatic carbocycles. The number of fused-ring (bicyclic) bond motifs is 1. The molecule has 0 aliphatic rings. The molecule has 0 atom stereocenters. The summed E-state index contributed by atoms with van der Waals surface area (Å²) in [5, 5.41) is 10.0. The lowest BCUT2D eigenvalue weighted by Gasteiger charge is -2.04. The van der Waals surface area contributed by atoms with Crippen molar-refractivity contribution in [1.29, 1.82) is 5.26 Å². The number of methoxy groups -OCH3 is 1. The number of ether oxygens (including phenoxy) is 1. The third-order valence-corrected chi connectivity index (χ3v) is 5.12. The minimum atomic E-state index is 0.653. The van der Waals surface area contributed by atoms with E-state index >= 15 is 0 Å². The predicted octanol–water partition coefficient (Wildman–Crippen LogP) is 3.80. The van der Waals surface area contributed by atoms with Gasteiger partial charge in [0.2, 0.25) is 0 Å². The maximum atomic E-state index is 9.08. The zero-order valence-electron chi connectivity index (χ0n) is 11.9. The van der Waals surface area contributed by atoms with Crippen molar-refractivity contribution in [3.63, 3.8) is 0 Å². The molecular formula is C15H14N4OS2. The molecule has 5 nitrogen and oxygen atoms in total. The van der Waals surface area contributed by atoms with Crippen molar-refractivity contribution in [2.75, 3.05) is 18.4 Å². The van der Waals surface area contributed by atoms with Crippen molar-refractivity contribution in [1.82, 2.24) is 9.97 Å². The summed E-state index contributed by atoms with van der Waals surface area (Å²) < 4.78 is 9.33. The Morgan fingerprint density at radius 1 is 1.50 bits per heavy atom. The van der Waals surface area contributed by atoms with Crippen molar-refractivity contribution < 1.29 is 4.74 Å². The predicted molar refractivity (Wildman–Crippen MR) is 90.2 cm³/mol. The van der Waals surface area contributed by atoms with E-state index in [1.807, 2.05) is 24.4 Å². The van der Waals surface area contributed by atoms with Crippen LogP contribution >= 0.6 is 23.3 Å². The average molecular weight is 330 g/mol. The Labute approximate surface area is 136 Å². The lowest BCUT2D eigenvalue weighted by molar-refractivity contribution is 0.203. The van der Waals surface area contributed by atoms with Crippen LogP contribution in [0.15, 0.2) is 34.9 Å². The highest BCUT2D eigenvalue weighted by atomic mass is 32.2. The second kappa shape index (κ2) is 6.83. The summed E-state index contributed by atoms with van der Waals surface area (Å²) in [7, 11) is 1.70. The van der Waals surface area contributed by atoms with Crippen molar-refractivity contribution in [2.24, 2.45) is 0 Å². The average Bonchev–Trinajstić information content (AvgIpc) is 3.17. The molecule has 0 unspecified atom stereocenters. The molecule has 7 heteroatoms. The zero-order valence-corrected chi connectivity index (χ0v) is 13.6. The molecule has 2 aromatic heterocycles. The highest BCUT2D eigenvalue weighted by Crippen LogP contribution is 2.30. The third-order valence-electron chi connectivity index (χ3n) is 3.17. The number of aromatic amines is 1. The Bertz CT molecular complexity index is 818. The van der Waals surface area contributed by atoms with Gasteiger partial charge in [-0.1, -0.05) is 12.1 Å².